The molecule has 1 unspecified atom stereocenters. The maximum Gasteiger partial charge on any atom is 0.228 e. The molecule has 104 valence electrons. The molecule has 1 atom stereocenters. The van der Waals surface area contributed by atoms with E-state index in [2.05, 4.69) is 34.4 Å². The summed E-state index contributed by atoms with van der Waals surface area (Å²) in [7, 11) is 0. The first kappa shape index (κ1) is 12.1. The third-order valence-electron chi connectivity index (χ3n) is 4.61. The first-order chi connectivity index (χ1) is 9.78. The third-order valence-corrected chi connectivity index (χ3v) is 4.61. The van der Waals surface area contributed by atoms with E-state index in [0.29, 0.717) is 18.2 Å². The van der Waals surface area contributed by atoms with E-state index in [0.717, 1.165) is 18.7 Å². The van der Waals surface area contributed by atoms with Crippen LogP contribution < -0.4 is 5.73 Å². The Morgan fingerprint density at radius 1 is 1.25 bits per heavy atom. The fraction of sp³-hybridized carbons (Fsp3) is 0.500. The summed E-state index contributed by atoms with van der Waals surface area (Å²) in [6.07, 6.45) is 5.41. The Labute approximate surface area is 118 Å². The fourth-order valence-electron chi connectivity index (χ4n) is 2.95. The Morgan fingerprint density at radius 2 is 2.00 bits per heavy atom. The molecule has 2 saturated carbocycles. The maximum absolute atomic E-state index is 6.13. The molecule has 0 aliphatic heterocycles. The van der Waals surface area contributed by atoms with Crippen molar-refractivity contribution < 1.29 is 4.52 Å². The summed E-state index contributed by atoms with van der Waals surface area (Å²) >= 11 is 0. The van der Waals surface area contributed by atoms with Crippen LogP contribution in [0, 0.1) is 5.92 Å². The summed E-state index contributed by atoms with van der Waals surface area (Å²) in [5, 5.41) is 4.22. The van der Waals surface area contributed by atoms with Gasteiger partial charge >= 0.3 is 0 Å². The highest BCUT2D eigenvalue weighted by Gasteiger charge is 2.50. The van der Waals surface area contributed by atoms with E-state index in [1.165, 1.54) is 18.4 Å². The standard InChI is InChI=1S/C16H19N3O/c17-13(11-6-7-11)10-14-18-15(19-20-14)16(8-9-16)12-4-2-1-3-5-12/h1-5,11,13H,6-10,17H2. The van der Waals surface area contributed by atoms with Gasteiger partial charge in [-0.25, -0.2) is 0 Å². The van der Waals surface area contributed by atoms with Crippen molar-refractivity contribution >= 4 is 0 Å². The van der Waals surface area contributed by atoms with Crippen LogP contribution in [0.1, 0.15) is 43.0 Å². The second-order valence-electron chi connectivity index (χ2n) is 6.17. The van der Waals surface area contributed by atoms with E-state index < -0.39 is 0 Å². The minimum absolute atomic E-state index is 0.00726. The van der Waals surface area contributed by atoms with Crippen LogP contribution in [-0.2, 0) is 11.8 Å². The van der Waals surface area contributed by atoms with E-state index in [4.69, 9.17) is 10.3 Å². The van der Waals surface area contributed by atoms with Crippen LogP contribution in [0.3, 0.4) is 0 Å². The zero-order valence-corrected chi connectivity index (χ0v) is 11.5. The predicted octanol–water partition coefficient (Wildman–Crippen LogP) is 2.43. The lowest BCUT2D eigenvalue weighted by molar-refractivity contribution is 0.357. The molecule has 0 bridgehead atoms. The largest absolute Gasteiger partial charge is 0.339 e. The van der Waals surface area contributed by atoms with Crippen molar-refractivity contribution in [2.24, 2.45) is 11.7 Å². The van der Waals surface area contributed by atoms with Crippen LogP contribution in [0.4, 0.5) is 0 Å². The molecule has 4 rings (SSSR count). The Hall–Kier alpha value is -1.68. The normalized spacial score (nSPS) is 21.6. The van der Waals surface area contributed by atoms with E-state index in [1.807, 2.05) is 6.07 Å². The topological polar surface area (TPSA) is 64.9 Å². The van der Waals surface area contributed by atoms with Gasteiger partial charge in [-0.2, -0.15) is 4.98 Å². The molecule has 2 N–H and O–H groups in total. The Kier molecular flexibility index (Phi) is 2.67. The molecular weight excluding hydrogens is 250 g/mol. The summed E-state index contributed by atoms with van der Waals surface area (Å²) in [6.45, 7) is 0. The molecule has 1 heterocycles. The van der Waals surface area contributed by atoms with Gasteiger partial charge in [-0.05, 0) is 37.2 Å². The number of hydrogen-bond donors (Lipinski definition) is 1. The van der Waals surface area contributed by atoms with Crippen molar-refractivity contribution in [3.63, 3.8) is 0 Å². The number of aromatic nitrogens is 2. The van der Waals surface area contributed by atoms with Gasteiger partial charge in [0.25, 0.3) is 0 Å². The van der Waals surface area contributed by atoms with Gasteiger partial charge in [0.2, 0.25) is 5.89 Å². The zero-order valence-electron chi connectivity index (χ0n) is 11.5. The number of nitrogens with zero attached hydrogens (tertiary/aromatic N) is 2. The average Bonchev–Trinajstić information content (AvgIpc) is 3.39. The molecule has 20 heavy (non-hydrogen) atoms. The minimum Gasteiger partial charge on any atom is -0.339 e. The molecule has 2 aromatic rings. The molecule has 2 aliphatic carbocycles. The van der Waals surface area contributed by atoms with Gasteiger partial charge in [0.05, 0.1) is 5.41 Å². The van der Waals surface area contributed by atoms with E-state index in [-0.39, 0.29) is 11.5 Å². The Bertz CT molecular complexity index is 599. The van der Waals surface area contributed by atoms with Crippen LogP contribution in [-0.4, -0.2) is 16.2 Å². The second-order valence-corrected chi connectivity index (χ2v) is 6.17. The zero-order chi connectivity index (χ0) is 13.6. The maximum atomic E-state index is 6.13. The van der Waals surface area contributed by atoms with Gasteiger partial charge in [0.15, 0.2) is 5.82 Å². The summed E-state index contributed by atoms with van der Waals surface area (Å²) in [5.74, 6) is 2.19. The van der Waals surface area contributed by atoms with Crippen molar-refractivity contribution in [2.75, 3.05) is 0 Å². The molecule has 4 heteroatoms. The molecular formula is C16H19N3O. The monoisotopic (exact) mass is 269 g/mol. The number of hydrogen-bond acceptors (Lipinski definition) is 4. The lowest BCUT2D eigenvalue weighted by Gasteiger charge is -2.10. The van der Waals surface area contributed by atoms with Crippen molar-refractivity contribution in [3.8, 4) is 0 Å². The molecule has 0 spiro atoms. The first-order valence-corrected chi connectivity index (χ1v) is 7.42. The highest BCUT2D eigenvalue weighted by molar-refractivity contribution is 5.38. The smallest absolute Gasteiger partial charge is 0.228 e. The van der Waals surface area contributed by atoms with Crippen LogP contribution >= 0.6 is 0 Å². The highest BCUT2D eigenvalue weighted by atomic mass is 16.5. The van der Waals surface area contributed by atoms with Crippen LogP contribution in [0.15, 0.2) is 34.9 Å². The van der Waals surface area contributed by atoms with Crippen molar-refractivity contribution in [1.29, 1.82) is 0 Å². The van der Waals surface area contributed by atoms with Gasteiger partial charge in [0.1, 0.15) is 0 Å². The van der Waals surface area contributed by atoms with Gasteiger partial charge in [0, 0.05) is 12.5 Å². The summed E-state index contributed by atoms with van der Waals surface area (Å²) in [6, 6.07) is 10.7. The van der Waals surface area contributed by atoms with Crippen LogP contribution in [0.2, 0.25) is 0 Å². The predicted molar refractivity (Wildman–Crippen MR) is 75.2 cm³/mol. The lowest BCUT2D eigenvalue weighted by Crippen LogP contribution is -2.25. The second kappa shape index (κ2) is 4.42. The highest BCUT2D eigenvalue weighted by Crippen LogP contribution is 2.52. The number of nitrogens with two attached hydrogens (primary N) is 1. The van der Waals surface area contributed by atoms with Gasteiger partial charge in [-0.15, -0.1) is 0 Å². The summed E-state index contributed by atoms with van der Waals surface area (Å²) < 4.78 is 5.42. The Morgan fingerprint density at radius 3 is 2.65 bits per heavy atom. The lowest BCUT2D eigenvalue weighted by atomic mass is 9.95. The van der Waals surface area contributed by atoms with Crippen LogP contribution in [0.25, 0.3) is 0 Å². The van der Waals surface area contributed by atoms with Gasteiger partial charge in [-0.1, -0.05) is 35.5 Å². The fourth-order valence-corrected chi connectivity index (χ4v) is 2.95. The molecule has 0 amide bonds. The first-order valence-electron chi connectivity index (χ1n) is 7.42. The minimum atomic E-state index is -0.00726. The molecule has 2 fully saturated rings. The average molecular weight is 269 g/mol. The summed E-state index contributed by atoms with van der Waals surface area (Å²) in [4.78, 5) is 4.61. The SMILES string of the molecule is NC(Cc1nc(C2(c3ccccc3)CC2)no1)C1CC1. The molecule has 0 saturated heterocycles. The molecule has 2 aliphatic rings. The van der Waals surface area contributed by atoms with Gasteiger partial charge < -0.3 is 10.3 Å². The molecule has 1 aromatic carbocycles. The number of benzene rings is 1. The van der Waals surface area contributed by atoms with E-state index >= 15 is 0 Å². The van der Waals surface area contributed by atoms with Crippen LogP contribution in [0.5, 0.6) is 0 Å². The summed E-state index contributed by atoms with van der Waals surface area (Å²) in [5.41, 5.74) is 7.41. The van der Waals surface area contributed by atoms with E-state index in [9.17, 15) is 0 Å². The number of rotatable bonds is 5. The van der Waals surface area contributed by atoms with Crippen molar-refractivity contribution in [2.45, 2.75) is 43.6 Å². The molecule has 0 radical (unpaired) electrons. The molecule has 4 nitrogen and oxygen atoms in total. The quantitative estimate of drug-likeness (QED) is 0.905. The van der Waals surface area contributed by atoms with E-state index in [1.54, 1.807) is 0 Å². The molecule has 1 aromatic heterocycles. The van der Waals surface area contributed by atoms with Crippen molar-refractivity contribution in [1.82, 2.24) is 10.1 Å². The van der Waals surface area contributed by atoms with Gasteiger partial charge in [-0.3, -0.25) is 0 Å². The van der Waals surface area contributed by atoms with Crippen molar-refractivity contribution in [3.05, 3.63) is 47.6 Å². The third kappa shape index (κ3) is 2.04. The Balaban J connectivity index is 1.55.